The summed E-state index contributed by atoms with van der Waals surface area (Å²) in [4.78, 5) is 23.1. The van der Waals surface area contributed by atoms with Crippen molar-refractivity contribution in [3.63, 3.8) is 0 Å². The Morgan fingerprint density at radius 1 is 1.29 bits per heavy atom. The Labute approximate surface area is 100 Å². The molecule has 1 aliphatic rings. The molecule has 1 aliphatic heterocycles. The number of esters is 1. The van der Waals surface area contributed by atoms with Crippen LogP contribution in [0.1, 0.15) is 31.7 Å². The first-order valence-corrected chi connectivity index (χ1v) is 5.57. The Hall–Kier alpha value is -1.90. The van der Waals surface area contributed by atoms with E-state index >= 15 is 0 Å². The van der Waals surface area contributed by atoms with Crippen molar-refractivity contribution in [1.29, 1.82) is 0 Å². The zero-order chi connectivity index (χ0) is 12.4. The highest BCUT2D eigenvalue weighted by molar-refractivity contribution is 5.97. The zero-order valence-electron chi connectivity index (χ0n) is 9.90. The van der Waals surface area contributed by atoms with E-state index in [0.717, 1.165) is 5.56 Å². The molecule has 17 heavy (non-hydrogen) atoms. The van der Waals surface area contributed by atoms with E-state index in [-0.39, 0.29) is 24.1 Å². The maximum absolute atomic E-state index is 11.7. The third-order valence-electron chi connectivity index (χ3n) is 2.95. The summed E-state index contributed by atoms with van der Waals surface area (Å²) in [5, 5.41) is 0. The molecule has 0 N–H and O–H groups in total. The normalized spacial score (nSPS) is 20.1. The topological polar surface area (TPSA) is 43.4 Å². The fraction of sp³-hybridized carbons (Fsp3) is 0.286. The lowest BCUT2D eigenvalue weighted by Crippen LogP contribution is -2.23. The molecule has 0 amide bonds. The van der Waals surface area contributed by atoms with Crippen molar-refractivity contribution < 1.29 is 14.3 Å². The molecule has 0 radical (unpaired) electrons. The van der Waals surface area contributed by atoms with Crippen molar-refractivity contribution >= 4 is 11.8 Å². The van der Waals surface area contributed by atoms with E-state index in [4.69, 9.17) is 4.74 Å². The second-order valence-electron chi connectivity index (χ2n) is 4.17. The Morgan fingerprint density at radius 3 is 2.53 bits per heavy atom. The minimum atomic E-state index is -0.277. The minimum absolute atomic E-state index is 0.0381. The number of Topliss-reactive ketones (excluding diaryl/α,β-unsaturated/α-hetero) is 1. The van der Waals surface area contributed by atoms with Crippen LogP contribution in [-0.4, -0.2) is 11.8 Å². The number of rotatable bonds is 2. The zero-order valence-corrected chi connectivity index (χ0v) is 9.90. The largest absolute Gasteiger partial charge is 0.431 e. The van der Waals surface area contributed by atoms with Crippen LogP contribution in [0.25, 0.3) is 0 Å². The second kappa shape index (κ2) is 4.53. The van der Waals surface area contributed by atoms with Gasteiger partial charge in [-0.25, -0.2) is 0 Å². The van der Waals surface area contributed by atoms with Crippen molar-refractivity contribution in [2.75, 3.05) is 0 Å². The maximum Gasteiger partial charge on any atom is 0.311 e. The molecule has 88 valence electrons. The molecule has 1 aromatic rings. The van der Waals surface area contributed by atoms with E-state index in [1.165, 1.54) is 6.92 Å². The van der Waals surface area contributed by atoms with Crippen molar-refractivity contribution in [3.05, 3.63) is 47.2 Å². The van der Waals surface area contributed by atoms with Gasteiger partial charge in [0.1, 0.15) is 5.76 Å². The van der Waals surface area contributed by atoms with Crippen LogP contribution in [-0.2, 0) is 14.3 Å². The van der Waals surface area contributed by atoms with E-state index in [1.807, 2.05) is 30.3 Å². The Bertz CT molecular complexity index is 485. The fourth-order valence-electron chi connectivity index (χ4n) is 2.24. The van der Waals surface area contributed by atoms with Crippen LogP contribution in [0.15, 0.2) is 41.7 Å². The van der Waals surface area contributed by atoms with Crippen LogP contribution < -0.4 is 0 Å². The molecule has 1 heterocycles. The first-order valence-electron chi connectivity index (χ1n) is 5.57. The monoisotopic (exact) mass is 230 g/mol. The van der Waals surface area contributed by atoms with Gasteiger partial charge < -0.3 is 4.74 Å². The molecule has 0 spiro atoms. The average molecular weight is 230 g/mol. The number of allylic oxidation sites excluding steroid dienone is 2. The smallest absolute Gasteiger partial charge is 0.311 e. The van der Waals surface area contributed by atoms with Gasteiger partial charge in [-0.1, -0.05) is 30.3 Å². The second-order valence-corrected chi connectivity index (χ2v) is 4.17. The highest BCUT2D eigenvalue weighted by atomic mass is 16.5. The van der Waals surface area contributed by atoms with Gasteiger partial charge in [0.25, 0.3) is 0 Å². The molecular formula is C14H14O3. The molecule has 1 atom stereocenters. The van der Waals surface area contributed by atoms with Crippen LogP contribution in [0.3, 0.4) is 0 Å². The summed E-state index contributed by atoms with van der Waals surface area (Å²) in [5.41, 5.74) is 1.59. The molecule has 3 nitrogen and oxygen atoms in total. The van der Waals surface area contributed by atoms with Crippen LogP contribution >= 0.6 is 0 Å². The quantitative estimate of drug-likeness (QED) is 0.733. The summed E-state index contributed by atoms with van der Waals surface area (Å²) in [6, 6.07) is 9.58. The predicted octanol–water partition coefficient (Wildman–Crippen LogP) is 2.58. The lowest BCUT2D eigenvalue weighted by Gasteiger charge is -2.25. The lowest BCUT2D eigenvalue weighted by atomic mass is 9.84. The van der Waals surface area contributed by atoms with Gasteiger partial charge in [-0.15, -0.1) is 0 Å². The number of carbonyl (C=O) groups is 2. The molecule has 0 unspecified atom stereocenters. The number of cyclic esters (lactones) is 1. The molecule has 0 aromatic heterocycles. The number of hydrogen-bond donors (Lipinski definition) is 0. The van der Waals surface area contributed by atoms with Crippen LogP contribution in [0, 0.1) is 0 Å². The maximum atomic E-state index is 11.7. The van der Waals surface area contributed by atoms with Gasteiger partial charge in [-0.05, 0) is 19.4 Å². The van der Waals surface area contributed by atoms with Gasteiger partial charge in [0.2, 0.25) is 0 Å². The van der Waals surface area contributed by atoms with Gasteiger partial charge in [-0.3, -0.25) is 9.59 Å². The van der Waals surface area contributed by atoms with Crippen LogP contribution in [0.2, 0.25) is 0 Å². The summed E-state index contributed by atoms with van der Waals surface area (Å²) in [6.45, 7) is 3.18. The lowest BCUT2D eigenvalue weighted by molar-refractivity contribution is -0.141. The van der Waals surface area contributed by atoms with Gasteiger partial charge in [0, 0.05) is 11.5 Å². The first-order chi connectivity index (χ1) is 8.09. The van der Waals surface area contributed by atoms with Gasteiger partial charge in [0.05, 0.1) is 6.42 Å². The fourth-order valence-corrected chi connectivity index (χ4v) is 2.24. The Kier molecular flexibility index (Phi) is 3.09. The van der Waals surface area contributed by atoms with Gasteiger partial charge >= 0.3 is 5.97 Å². The summed E-state index contributed by atoms with van der Waals surface area (Å²) < 4.78 is 5.03. The molecule has 0 aliphatic carbocycles. The highest BCUT2D eigenvalue weighted by Crippen LogP contribution is 2.35. The van der Waals surface area contributed by atoms with Crippen molar-refractivity contribution in [3.8, 4) is 0 Å². The Morgan fingerprint density at radius 2 is 1.94 bits per heavy atom. The standard InChI is InChI=1S/C14H14O3/c1-9(15)14-10(2)17-13(16)8-12(14)11-6-4-3-5-7-11/h3-7,12H,8H2,1-2H3/t12-/m0/s1. The molecule has 3 heteroatoms. The third-order valence-corrected chi connectivity index (χ3v) is 2.95. The van der Waals surface area contributed by atoms with Crippen molar-refractivity contribution in [2.45, 2.75) is 26.2 Å². The summed E-state index contributed by atoms with van der Waals surface area (Å²) >= 11 is 0. The molecule has 2 rings (SSSR count). The van der Waals surface area contributed by atoms with E-state index in [0.29, 0.717) is 11.3 Å². The Balaban J connectivity index is 2.47. The number of hydrogen-bond acceptors (Lipinski definition) is 3. The molecular weight excluding hydrogens is 216 g/mol. The number of ketones is 1. The SMILES string of the molecule is CC(=O)C1=C(C)OC(=O)C[C@H]1c1ccccc1. The van der Waals surface area contributed by atoms with Crippen molar-refractivity contribution in [2.24, 2.45) is 0 Å². The average Bonchev–Trinajstić information content (AvgIpc) is 2.28. The summed E-state index contributed by atoms with van der Waals surface area (Å²) in [7, 11) is 0. The first kappa shape index (κ1) is 11.6. The van der Waals surface area contributed by atoms with Gasteiger partial charge in [0.15, 0.2) is 5.78 Å². The van der Waals surface area contributed by atoms with Crippen LogP contribution in [0.5, 0.6) is 0 Å². The minimum Gasteiger partial charge on any atom is -0.431 e. The van der Waals surface area contributed by atoms with Crippen molar-refractivity contribution in [1.82, 2.24) is 0 Å². The molecule has 0 fully saturated rings. The predicted molar refractivity (Wildman–Crippen MR) is 63.3 cm³/mol. The van der Waals surface area contributed by atoms with Gasteiger partial charge in [-0.2, -0.15) is 0 Å². The van der Waals surface area contributed by atoms with E-state index in [9.17, 15) is 9.59 Å². The van der Waals surface area contributed by atoms with Crippen LogP contribution in [0.4, 0.5) is 0 Å². The number of ether oxygens (including phenoxy) is 1. The van der Waals surface area contributed by atoms with E-state index < -0.39 is 0 Å². The molecule has 1 aromatic carbocycles. The summed E-state index contributed by atoms with van der Waals surface area (Å²) in [5.74, 6) is -0.0530. The summed E-state index contributed by atoms with van der Waals surface area (Å²) in [6.07, 6.45) is 0.232. The van der Waals surface area contributed by atoms with E-state index in [2.05, 4.69) is 0 Å². The number of carbonyl (C=O) groups excluding carboxylic acids is 2. The van der Waals surface area contributed by atoms with E-state index in [1.54, 1.807) is 6.92 Å². The number of benzene rings is 1. The highest BCUT2D eigenvalue weighted by Gasteiger charge is 2.31. The third kappa shape index (κ3) is 2.28. The molecule has 0 saturated carbocycles. The molecule has 0 bridgehead atoms. The molecule has 0 saturated heterocycles.